The molecule has 0 fully saturated rings. The molecule has 1 heterocycles. The molecule has 0 saturated heterocycles. The monoisotopic (exact) mass is 337 g/mol. The van der Waals surface area contributed by atoms with Gasteiger partial charge in [0.1, 0.15) is 17.2 Å². The number of nitrogens with one attached hydrogen (secondary N) is 2. The molecule has 0 radical (unpaired) electrons. The lowest BCUT2D eigenvalue weighted by Crippen LogP contribution is -2.20. The third kappa shape index (κ3) is 3.98. The molecule has 2 N–H and O–H groups in total. The molecule has 0 aliphatic rings. The van der Waals surface area contributed by atoms with Gasteiger partial charge in [-0.1, -0.05) is 30.3 Å². The topological polar surface area (TPSA) is 76.2 Å². The smallest absolute Gasteiger partial charge is 0.262 e. The highest BCUT2D eigenvalue weighted by Gasteiger charge is 2.15. The first kappa shape index (κ1) is 16.6. The summed E-state index contributed by atoms with van der Waals surface area (Å²) in [6.07, 6.45) is 0. The molecule has 6 nitrogen and oxygen atoms in total. The average Bonchev–Trinajstić information content (AvgIpc) is 3.01. The number of carbonyl (C=O) groups excluding carboxylic acids is 1. The molecule has 0 atom stereocenters. The van der Waals surface area contributed by atoms with Crippen molar-refractivity contribution in [1.29, 1.82) is 0 Å². The summed E-state index contributed by atoms with van der Waals surface area (Å²) < 4.78 is 10.7. The molecule has 1 aromatic heterocycles. The number of hydrogen-bond acceptors (Lipinski definition) is 4. The molecule has 128 valence electrons. The summed E-state index contributed by atoms with van der Waals surface area (Å²) in [7, 11) is 1.61. The van der Waals surface area contributed by atoms with Crippen LogP contribution in [0.5, 0.6) is 11.5 Å². The van der Waals surface area contributed by atoms with Crippen molar-refractivity contribution in [3.63, 3.8) is 0 Å². The number of aromatic amines is 1. The second-order valence-electron chi connectivity index (χ2n) is 5.45. The number of rotatable bonds is 6. The summed E-state index contributed by atoms with van der Waals surface area (Å²) in [5.74, 6) is 1.12. The summed E-state index contributed by atoms with van der Waals surface area (Å²) in [5, 5.41) is 10.1. The molecule has 25 heavy (non-hydrogen) atoms. The second-order valence-corrected chi connectivity index (χ2v) is 5.45. The van der Waals surface area contributed by atoms with Crippen molar-refractivity contribution in [3.8, 4) is 22.8 Å². The quantitative estimate of drug-likeness (QED) is 0.723. The Morgan fingerprint density at radius 1 is 1.12 bits per heavy atom. The lowest BCUT2D eigenvalue weighted by atomic mass is 10.1. The van der Waals surface area contributed by atoms with Crippen molar-refractivity contribution in [2.45, 2.75) is 6.92 Å². The maximum Gasteiger partial charge on any atom is 0.262 e. The number of aryl methyl sites for hydroxylation is 1. The first-order chi connectivity index (χ1) is 12.2. The summed E-state index contributed by atoms with van der Waals surface area (Å²) >= 11 is 0. The molecule has 0 spiro atoms. The van der Waals surface area contributed by atoms with Gasteiger partial charge in [0.15, 0.2) is 6.61 Å². The van der Waals surface area contributed by atoms with E-state index in [1.807, 2.05) is 49.4 Å². The van der Waals surface area contributed by atoms with Gasteiger partial charge in [0, 0.05) is 5.56 Å². The fourth-order valence-electron chi connectivity index (χ4n) is 2.40. The Balaban J connectivity index is 1.74. The van der Waals surface area contributed by atoms with Crippen molar-refractivity contribution < 1.29 is 14.3 Å². The lowest BCUT2D eigenvalue weighted by Gasteiger charge is -2.09. The van der Waals surface area contributed by atoms with E-state index in [2.05, 4.69) is 15.5 Å². The predicted molar refractivity (Wildman–Crippen MR) is 95.9 cm³/mol. The van der Waals surface area contributed by atoms with Crippen LogP contribution in [0.15, 0.2) is 54.6 Å². The van der Waals surface area contributed by atoms with Crippen molar-refractivity contribution in [1.82, 2.24) is 10.2 Å². The number of aromatic nitrogens is 2. The molecule has 0 aliphatic heterocycles. The zero-order valence-corrected chi connectivity index (χ0v) is 14.1. The Morgan fingerprint density at radius 3 is 2.64 bits per heavy atom. The van der Waals surface area contributed by atoms with Gasteiger partial charge in [-0.05, 0) is 31.2 Å². The number of carbonyl (C=O) groups is 1. The van der Waals surface area contributed by atoms with Crippen molar-refractivity contribution >= 4 is 11.6 Å². The minimum absolute atomic E-state index is 0.0772. The van der Waals surface area contributed by atoms with Gasteiger partial charge < -0.3 is 14.8 Å². The van der Waals surface area contributed by atoms with Crippen LogP contribution in [0, 0.1) is 6.92 Å². The molecule has 1 amide bonds. The number of anilines is 1. The maximum absolute atomic E-state index is 12.2. The van der Waals surface area contributed by atoms with Gasteiger partial charge >= 0.3 is 0 Å². The Bertz CT molecular complexity index is 859. The van der Waals surface area contributed by atoms with Crippen molar-refractivity contribution in [3.05, 3.63) is 60.3 Å². The van der Waals surface area contributed by atoms with E-state index in [9.17, 15) is 4.79 Å². The van der Waals surface area contributed by atoms with E-state index in [-0.39, 0.29) is 12.5 Å². The van der Waals surface area contributed by atoms with Crippen LogP contribution in [0.4, 0.5) is 5.69 Å². The Morgan fingerprint density at radius 2 is 1.88 bits per heavy atom. The first-order valence-electron chi connectivity index (χ1n) is 7.84. The van der Waals surface area contributed by atoms with Gasteiger partial charge in [-0.15, -0.1) is 0 Å². The van der Waals surface area contributed by atoms with Crippen molar-refractivity contribution in [2.75, 3.05) is 19.0 Å². The van der Waals surface area contributed by atoms with Crippen LogP contribution in [0.1, 0.15) is 5.69 Å². The Hall–Kier alpha value is -3.28. The summed E-state index contributed by atoms with van der Waals surface area (Å²) in [6.45, 7) is 1.77. The molecule has 6 heteroatoms. The standard InChI is InChI=1S/C19H19N3O3/c1-13-18(20-17(23)12-25-15-8-4-3-5-9-15)19(22-21-13)14-7-6-10-16(11-14)24-2/h3-11H,12H2,1-2H3,(H,20,23)(H,21,22). The number of benzene rings is 2. The van der Waals surface area contributed by atoms with E-state index in [0.717, 1.165) is 17.0 Å². The normalized spacial score (nSPS) is 10.3. The minimum atomic E-state index is -0.252. The van der Waals surface area contributed by atoms with E-state index in [0.29, 0.717) is 17.1 Å². The molecule has 0 bridgehead atoms. The van der Waals surface area contributed by atoms with Gasteiger partial charge in [-0.3, -0.25) is 9.89 Å². The third-order valence-corrected chi connectivity index (χ3v) is 3.67. The van der Waals surface area contributed by atoms with Gasteiger partial charge in [0.25, 0.3) is 5.91 Å². The van der Waals surface area contributed by atoms with Gasteiger partial charge in [-0.25, -0.2) is 0 Å². The predicted octanol–water partition coefficient (Wildman–Crippen LogP) is 3.41. The molecular formula is C19H19N3O3. The van der Waals surface area contributed by atoms with Crippen LogP contribution in [0.25, 0.3) is 11.3 Å². The molecule has 0 saturated carbocycles. The minimum Gasteiger partial charge on any atom is -0.497 e. The van der Waals surface area contributed by atoms with Crippen LogP contribution in [-0.2, 0) is 4.79 Å². The highest BCUT2D eigenvalue weighted by atomic mass is 16.5. The van der Waals surface area contributed by atoms with Gasteiger partial charge in [0.2, 0.25) is 0 Å². The number of nitrogens with zero attached hydrogens (tertiary/aromatic N) is 1. The summed E-state index contributed by atoms with van der Waals surface area (Å²) in [4.78, 5) is 12.2. The maximum atomic E-state index is 12.2. The van der Waals surface area contributed by atoms with E-state index in [4.69, 9.17) is 9.47 Å². The lowest BCUT2D eigenvalue weighted by molar-refractivity contribution is -0.118. The Labute approximate surface area is 145 Å². The van der Waals surface area contributed by atoms with Crippen LogP contribution >= 0.6 is 0 Å². The average molecular weight is 337 g/mol. The van der Waals surface area contributed by atoms with E-state index >= 15 is 0 Å². The number of hydrogen-bond donors (Lipinski definition) is 2. The number of H-pyrrole nitrogens is 1. The van der Waals surface area contributed by atoms with E-state index in [1.54, 1.807) is 19.2 Å². The fraction of sp³-hybridized carbons (Fsp3) is 0.158. The molecule has 0 unspecified atom stereocenters. The molecule has 0 aliphatic carbocycles. The Kier molecular flexibility index (Phi) is 4.99. The number of amides is 1. The molecule has 3 rings (SSSR count). The largest absolute Gasteiger partial charge is 0.497 e. The zero-order chi connectivity index (χ0) is 17.6. The number of para-hydroxylation sites is 1. The van der Waals surface area contributed by atoms with Crippen molar-refractivity contribution in [2.24, 2.45) is 0 Å². The van der Waals surface area contributed by atoms with Crippen LogP contribution in [0.2, 0.25) is 0 Å². The highest BCUT2D eigenvalue weighted by molar-refractivity contribution is 5.96. The number of ether oxygens (including phenoxy) is 2. The zero-order valence-electron chi connectivity index (χ0n) is 14.1. The van der Waals surface area contributed by atoms with Crippen LogP contribution < -0.4 is 14.8 Å². The first-order valence-corrected chi connectivity index (χ1v) is 7.84. The SMILES string of the molecule is COc1cccc(-c2n[nH]c(C)c2NC(=O)COc2ccccc2)c1. The highest BCUT2D eigenvalue weighted by Crippen LogP contribution is 2.30. The van der Waals surface area contributed by atoms with Gasteiger partial charge in [-0.2, -0.15) is 5.10 Å². The number of methoxy groups -OCH3 is 1. The molecular weight excluding hydrogens is 318 g/mol. The second kappa shape index (κ2) is 7.53. The summed E-state index contributed by atoms with van der Waals surface area (Å²) in [6, 6.07) is 16.7. The fourth-order valence-corrected chi connectivity index (χ4v) is 2.40. The van der Waals surface area contributed by atoms with Gasteiger partial charge in [0.05, 0.1) is 18.5 Å². The summed E-state index contributed by atoms with van der Waals surface area (Å²) in [5.41, 5.74) is 2.91. The van der Waals surface area contributed by atoms with Crippen LogP contribution in [0.3, 0.4) is 0 Å². The van der Waals surface area contributed by atoms with E-state index in [1.165, 1.54) is 0 Å². The molecule has 3 aromatic rings. The molecule has 2 aromatic carbocycles. The third-order valence-electron chi connectivity index (χ3n) is 3.67. The van der Waals surface area contributed by atoms with Crippen LogP contribution in [-0.4, -0.2) is 29.8 Å². The van der Waals surface area contributed by atoms with E-state index < -0.39 is 0 Å².